The first-order chi connectivity index (χ1) is 11.8. The SMILES string of the molecule is O=C(NCc1ccccc1)c1cccc(NCc2cccnc2)n1. The highest BCUT2D eigenvalue weighted by Crippen LogP contribution is 2.08. The van der Waals surface area contributed by atoms with E-state index in [1.54, 1.807) is 18.5 Å². The Morgan fingerprint density at radius 3 is 2.50 bits per heavy atom. The van der Waals surface area contributed by atoms with Gasteiger partial charge in [-0.15, -0.1) is 0 Å². The van der Waals surface area contributed by atoms with Crippen LogP contribution in [0.2, 0.25) is 0 Å². The van der Waals surface area contributed by atoms with Crippen LogP contribution in [0.3, 0.4) is 0 Å². The lowest BCUT2D eigenvalue weighted by molar-refractivity contribution is 0.0946. The van der Waals surface area contributed by atoms with Crippen molar-refractivity contribution in [3.63, 3.8) is 0 Å². The van der Waals surface area contributed by atoms with Crippen LogP contribution in [-0.2, 0) is 13.1 Å². The number of benzene rings is 1. The van der Waals surface area contributed by atoms with Gasteiger partial charge in [-0.1, -0.05) is 42.5 Å². The molecule has 0 bridgehead atoms. The molecule has 0 radical (unpaired) electrons. The smallest absolute Gasteiger partial charge is 0.270 e. The number of anilines is 1. The minimum atomic E-state index is -0.191. The van der Waals surface area contributed by atoms with Gasteiger partial charge >= 0.3 is 0 Å². The van der Waals surface area contributed by atoms with Gasteiger partial charge in [0.15, 0.2) is 0 Å². The molecule has 120 valence electrons. The van der Waals surface area contributed by atoms with Gasteiger partial charge in [0.05, 0.1) is 0 Å². The van der Waals surface area contributed by atoms with Crippen molar-refractivity contribution >= 4 is 11.7 Å². The first-order valence-electron chi connectivity index (χ1n) is 7.73. The van der Waals surface area contributed by atoms with Gasteiger partial charge in [0.1, 0.15) is 11.5 Å². The summed E-state index contributed by atoms with van der Waals surface area (Å²) in [6, 6.07) is 19.0. The molecule has 0 aliphatic heterocycles. The molecule has 24 heavy (non-hydrogen) atoms. The van der Waals surface area contributed by atoms with Crippen molar-refractivity contribution in [2.45, 2.75) is 13.1 Å². The Morgan fingerprint density at radius 2 is 1.71 bits per heavy atom. The van der Waals surface area contributed by atoms with E-state index in [1.165, 1.54) is 0 Å². The predicted molar refractivity (Wildman–Crippen MR) is 93.4 cm³/mol. The van der Waals surface area contributed by atoms with Crippen molar-refractivity contribution in [1.82, 2.24) is 15.3 Å². The van der Waals surface area contributed by atoms with Crippen LogP contribution in [0.25, 0.3) is 0 Å². The van der Waals surface area contributed by atoms with Gasteiger partial charge in [0.2, 0.25) is 0 Å². The Hall–Kier alpha value is -3.21. The lowest BCUT2D eigenvalue weighted by atomic mass is 10.2. The molecule has 3 rings (SSSR count). The fourth-order valence-electron chi connectivity index (χ4n) is 2.22. The number of pyridine rings is 2. The number of hydrogen-bond donors (Lipinski definition) is 2. The third kappa shape index (κ3) is 4.39. The lowest BCUT2D eigenvalue weighted by Crippen LogP contribution is -2.24. The molecule has 0 aliphatic carbocycles. The van der Waals surface area contributed by atoms with Crippen molar-refractivity contribution in [1.29, 1.82) is 0 Å². The van der Waals surface area contributed by atoms with Gasteiger partial charge < -0.3 is 10.6 Å². The van der Waals surface area contributed by atoms with Crippen LogP contribution in [-0.4, -0.2) is 15.9 Å². The van der Waals surface area contributed by atoms with Gasteiger partial charge in [-0.05, 0) is 29.3 Å². The number of amides is 1. The molecule has 1 aromatic carbocycles. The average molecular weight is 318 g/mol. The second-order valence-corrected chi connectivity index (χ2v) is 5.29. The Kier molecular flexibility index (Phi) is 5.14. The first kappa shape index (κ1) is 15.7. The molecular formula is C19H18N4O. The molecule has 0 saturated heterocycles. The van der Waals surface area contributed by atoms with Gasteiger partial charge in [-0.2, -0.15) is 0 Å². The largest absolute Gasteiger partial charge is 0.366 e. The van der Waals surface area contributed by atoms with Crippen LogP contribution in [0.4, 0.5) is 5.82 Å². The summed E-state index contributed by atoms with van der Waals surface area (Å²) < 4.78 is 0. The molecule has 1 amide bonds. The number of carbonyl (C=O) groups excluding carboxylic acids is 1. The molecule has 5 heteroatoms. The summed E-state index contributed by atoms with van der Waals surface area (Å²) >= 11 is 0. The van der Waals surface area contributed by atoms with Gasteiger partial charge in [0.25, 0.3) is 5.91 Å². The van der Waals surface area contributed by atoms with Crippen molar-refractivity contribution < 1.29 is 4.79 Å². The second kappa shape index (κ2) is 7.87. The Labute approximate surface area is 140 Å². The van der Waals surface area contributed by atoms with E-state index in [0.717, 1.165) is 11.1 Å². The van der Waals surface area contributed by atoms with Gasteiger partial charge in [0, 0.05) is 25.5 Å². The highest BCUT2D eigenvalue weighted by atomic mass is 16.1. The van der Waals surface area contributed by atoms with Crippen molar-refractivity contribution in [2.24, 2.45) is 0 Å². The topological polar surface area (TPSA) is 66.9 Å². The van der Waals surface area contributed by atoms with Crippen molar-refractivity contribution in [3.05, 3.63) is 89.9 Å². The van der Waals surface area contributed by atoms with E-state index in [4.69, 9.17) is 0 Å². The zero-order valence-electron chi connectivity index (χ0n) is 13.1. The normalized spacial score (nSPS) is 10.2. The van der Waals surface area contributed by atoms with Crippen molar-refractivity contribution in [3.8, 4) is 0 Å². The average Bonchev–Trinajstić information content (AvgIpc) is 2.66. The van der Waals surface area contributed by atoms with Crippen LogP contribution in [0.5, 0.6) is 0 Å². The van der Waals surface area contributed by atoms with Crippen LogP contribution in [0.15, 0.2) is 73.1 Å². The minimum Gasteiger partial charge on any atom is -0.366 e. The molecule has 0 aliphatic rings. The summed E-state index contributed by atoms with van der Waals surface area (Å²) in [5.41, 5.74) is 2.50. The van der Waals surface area contributed by atoms with E-state index in [1.807, 2.05) is 54.6 Å². The quantitative estimate of drug-likeness (QED) is 0.733. The second-order valence-electron chi connectivity index (χ2n) is 5.29. The van der Waals surface area contributed by atoms with E-state index in [2.05, 4.69) is 20.6 Å². The van der Waals surface area contributed by atoms with E-state index >= 15 is 0 Å². The van der Waals surface area contributed by atoms with Crippen LogP contribution < -0.4 is 10.6 Å². The standard InChI is InChI=1S/C19H18N4O/c24-19(22-13-15-6-2-1-3-7-15)17-9-4-10-18(23-17)21-14-16-8-5-11-20-12-16/h1-12H,13-14H2,(H,21,23)(H,22,24). The molecule has 0 fully saturated rings. The summed E-state index contributed by atoms with van der Waals surface area (Å²) in [5, 5.41) is 6.08. The summed E-state index contributed by atoms with van der Waals surface area (Å²) in [6.07, 6.45) is 3.53. The number of nitrogens with one attached hydrogen (secondary N) is 2. The molecule has 2 heterocycles. The molecule has 0 unspecified atom stereocenters. The third-order valence-corrected chi connectivity index (χ3v) is 3.47. The lowest BCUT2D eigenvalue weighted by Gasteiger charge is -2.08. The molecule has 2 aromatic heterocycles. The molecule has 3 aromatic rings. The van der Waals surface area contributed by atoms with E-state index in [-0.39, 0.29) is 5.91 Å². The van der Waals surface area contributed by atoms with Crippen molar-refractivity contribution in [2.75, 3.05) is 5.32 Å². The maximum Gasteiger partial charge on any atom is 0.270 e. The van der Waals surface area contributed by atoms with E-state index < -0.39 is 0 Å². The minimum absolute atomic E-state index is 0.191. The van der Waals surface area contributed by atoms with Crippen LogP contribution in [0.1, 0.15) is 21.6 Å². The highest BCUT2D eigenvalue weighted by Gasteiger charge is 2.07. The Bertz CT molecular complexity index is 791. The summed E-state index contributed by atoms with van der Waals surface area (Å²) in [4.78, 5) is 20.7. The van der Waals surface area contributed by atoms with Gasteiger partial charge in [-0.25, -0.2) is 4.98 Å². The number of hydrogen-bond acceptors (Lipinski definition) is 4. The molecule has 5 nitrogen and oxygen atoms in total. The number of nitrogens with zero attached hydrogens (tertiary/aromatic N) is 2. The zero-order chi connectivity index (χ0) is 16.6. The monoisotopic (exact) mass is 318 g/mol. The third-order valence-electron chi connectivity index (χ3n) is 3.47. The van der Waals surface area contributed by atoms with Crippen LogP contribution in [0, 0.1) is 0 Å². The number of aromatic nitrogens is 2. The summed E-state index contributed by atoms with van der Waals surface area (Å²) in [5.74, 6) is 0.468. The zero-order valence-corrected chi connectivity index (χ0v) is 13.1. The Balaban J connectivity index is 1.59. The van der Waals surface area contributed by atoms with Crippen LogP contribution >= 0.6 is 0 Å². The molecule has 2 N–H and O–H groups in total. The fraction of sp³-hybridized carbons (Fsp3) is 0.105. The fourth-order valence-corrected chi connectivity index (χ4v) is 2.22. The molecule has 0 saturated carbocycles. The van der Waals surface area contributed by atoms with E-state index in [0.29, 0.717) is 24.6 Å². The highest BCUT2D eigenvalue weighted by molar-refractivity contribution is 5.92. The molecule has 0 spiro atoms. The Morgan fingerprint density at radius 1 is 0.875 bits per heavy atom. The maximum atomic E-state index is 12.2. The summed E-state index contributed by atoms with van der Waals surface area (Å²) in [7, 11) is 0. The predicted octanol–water partition coefficient (Wildman–Crippen LogP) is 3.02. The van der Waals surface area contributed by atoms with Gasteiger partial charge in [-0.3, -0.25) is 9.78 Å². The molecular weight excluding hydrogens is 300 g/mol. The number of rotatable bonds is 6. The number of carbonyl (C=O) groups is 1. The maximum absolute atomic E-state index is 12.2. The van der Waals surface area contributed by atoms with E-state index in [9.17, 15) is 4.79 Å². The summed E-state index contributed by atoms with van der Waals surface area (Å²) in [6.45, 7) is 1.09. The first-order valence-corrected chi connectivity index (χ1v) is 7.73. The molecule has 0 atom stereocenters.